The van der Waals surface area contributed by atoms with E-state index in [-0.39, 0.29) is 5.75 Å². The van der Waals surface area contributed by atoms with Crippen LogP contribution in [0.3, 0.4) is 0 Å². The van der Waals surface area contributed by atoms with Crippen LogP contribution in [0.25, 0.3) is 0 Å². The SMILES string of the molecule is O=Cc1cc(I)cc(C2CCCCC2)c1O. The summed E-state index contributed by atoms with van der Waals surface area (Å²) in [6.45, 7) is 0. The van der Waals surface area contributed by atoms with Crippen LogP contribution in [0.1, 0.15) is 53.9 Å². The molecule has 0 amide bonds. The third kappa shape index (κ3) is 2.39. The van der Waals surface area contributed by atoms with Crippen LogP contribution in [0.2, 0.25) is 0 Å². The maximum absolute atomic E-state index is 10.9. The number of phenols is 1. The van der Waals surface area contributed by atoms with Gasteiger partial charge in [-0.1, -0.05) is 19.3 Å². The van der Waals surface area contributed by atoms with Crippen LogP contribution in [0.15, 0.2) is 12.1 Å². The number of hydrogen-bond donors (Lipinski definition) is 1. The van der Waals surface area contributed by atoms with Crippen LogP contribution in [-0.4, -0.2) is 11.4 Å². The number of carbonyl (C=O) groups excluding carboxylic acids is 1. The molecule has 3 heteroatoms. The fraction of sp³-hybridized carbons (Fsp3) is 0.462. The van der Waals surface area contributed by atoms with Crippen molar-refractivity contribution in [3.05, 3.63) is 26.8 Å². The predicted molar refractivity (Wildman–Crippen MR) is 72.0 cm³/mol. The lowest BCUT2D eigenvalue weighted by Gasteiger charge is -2.23. The smallest absolute Gasteiger partial charge is 0.153 e. The summed E-state index contributed by atoms with van der Waals surface area (Å²) >= 11 is 2.20. The van der Waals surface area contributed by atoms with E-state index in [1.165, 1.54) is 19.3 Å². The van der Waals surface area contributed by atoms with E-state index in [1.54, 1.807) is 6.07 Å². The summed E-state index contributed by atoms with van der Waals surface area (Å²) < 4.78 is 1.03. The molecular weight excluding hydrogens is 315 g/mol. The molecule has 1 aromatic rings. The van der Waals surface area contributed by atoms with Crippen molar-refractivity contribution in [1.29, 1.82) is 0 Å². The van der Waals surface area contributed by atoms with Crippen LogP contribution in [0.4, 0.5) is 0 Å². The van der Waals surface area contributed by atoms with Gasteiger partial charge in [-0.25, -0.2) is 0 Å². The van der Waals surface area contributed by atoms with Crippen LogP contribution >= 0.6 is 22.6 Å². The van der Waals surface area contributed by atoms with Gasteiger partial charge in [0, 0.05) is 3.57 Å². The second kappa shape index (κ2) is 5.17. The maximum Gasteiger partial charge on any atom is 0.153 e. The van der Waals surface area contributed by atoms with Crippen molar-refractivity contribution in [2.75, 3.05) is 0 Å². The Morgan fingerprint density at radius 1 is 1.25 bits per heavy atom. The first-order valence-corrected chi connectivity index (χ1v) is 6.78. The van der Waals surface area contributed by atoms with Gasteiger partial charge in [0.1, 0.15) is 5.75 Å². The summed E-state index contributed by atoms with van der Waals surface area (Å²) in [6.07, 6.45) is 6.75. The maximum atomic E-state index is 10.9. The Balaban J connectivity index is 2.38. The Labute approximate surface area is 109 Å². The Bertz CT molecular complexity index is 395. The first-order valence-electron chi connectivity index (χ1n) is 5.70. The highest BCUT2D eigenvalue weighted by atomic mass is 127. The molecule has 1 N–H and O–H groups in total. The first-order chi connectivity index (χ1) is 7.72. The molecule has 0 bridgehead atoms. The minimum Gasteiger partial charge on any atom is -0.507 e. The molecule has 1 aliphatic rings. The second-order valence-electron chi connectivity index (χ2n) is 4.39. The highest BCUT2D eigenvalue weighted by Gasteiger charge is 2.20. The Morgan fingerprint density at radius 2 is 1.94 bits per heavy atom. The molecule has 0 atom stereocenters. The molecule has 86 valence electrons. The highest BCUT2D eigenvalue weighted by Crippen LogP contribution is 2.38. The molecular formula is C13H15IO2. The highest BCUT2D eigenvalue weighted by molar-refractivity contribution is 14.1. The van der Waals surface area contributed by atoms with E-state index in [4.69, 9.17) is 0 Å². The summed E-state index contributed by atoms with van der Waals surface area (Å²) in [7, 11) is 0. The van der Waals surface area contributed by atoms with Crippen molar-refractivity contribution in [1.82, 2.24) is 0 Å². The molecule has 0 aromatic heterocycles. The lowest BCUT2D eigenvalue weighted by atomic mass is 9.83. The zero-order valence-corrected chi connectivity index (χ0v) is 11.2. The Kier molecular flexibility index (Phi) is 3.84. The van der Waals surface area contributed by atoms with Gasteiger partial charge in [0.2, 0.25) is 0 Å². The fourth-order valence-corrected chi connectivity index (χ4v) is 3.13. The van der Waals surface area contributed by atoms with Crippen LogP contribution in [0.5, 0.6) is 5.75 Å². The molecule has 2 nitrogen and oxygen atoms in total. The molecule has 1 saturated carbocycles. The van der Waals surface area contributed by atoms with Crippen LogP contribution in [-0.2, 0) is 0 Å². The summed E-state index contributed by atoms with van der Waals surface area (Å²) in [5.41, 5.74) is 1.39. The number of hydrogen-bond acceptors (Lipinski definition) is 2. The summed E-state index contributed by atoms with van der Waals surface area (Å²) in [5.74, 6) is 0.629. The number of benzene rings is 1. The van der Waals surface area contributed by atoms with Gasteiger partial charge in [-0.3, -0.25) is 4.79 Å². The molecule has 0 radical (unpaired) electrons. The summed E-state index contributed by atoms with van der Waals surface area (Å²) in [6, 6.07) is 3.74. The van der Waals surface area contributed by atoms with Gasteiger partial charge in [-0.05, 0) is 59.0 Å². The molecule has 1 aromatic carbocycles. The molecule has 0 saturated heterocycles. The summed E-state index contributed by atoms with van der Waals surface area (Å²) in [5, 5.41) is 10.0. The van der Waals surface area contributed by atoms with E-state index in [0.29, 0.717) is 11.5 Å². The van der Waals surface area contributed by atoms with Crippen LogP contribution < -0.4 is 0 Å². The van der Waals surface area contributed by atoms with Crippen molar-refractivity contribution in [2.45, 2.75) is 38.0 Å². The van der Waals surface area contributed by atoms with E-state index >= 15 is 0 Å². The molecule has 0 heterocycles. The lowest BCUT2D eigenvalue weighted by molar-refractivity contribution is 0.112. The number of carbonyl (C=O) groups is 1. The average Bonchev–Trinajstić information content (AvgIpc) is 2.33. The standard InChI is InChI=1S/C13H15IO2/c14-11-6-10(8-15)13(16)12(7-11)9-4-2-1-3-5-9/h6-9,16H,1-5H2. The van der Waals surface area contributed by atoms with Crippen molar-refractivity contribution >= 4 is 28.9 Å². The molecule has 1 fully saturated rings. The molecule has 1 aliphatic carbocycles. The largest absolute Gasteiger partial charge is 0.507 e. The summed E-state index contributed by atoms with van der Waals surface area (Å²) in [4.78, 5) is 10.9. The van der Waals surface area contributed by atoms with Crippen LogP contribution in [0, 0.1) is 3.57 Å². The second-order valence-corrected chi connectivity index (χ2v) is 5.63. The quantitative estimate of drug-likeness (QED) is 0.660. The molecule has 2 rings (SSSR count). The molecule has 0 aliphatic heterocycles. The van der Waals surface area contributed by atoms with Crippen molar-refractivity contribution in [2.24, 2.45) is 0 Å². The van der Waals surface area contributed by atoms with E-state index in [9.17, 15) is 9.90 Å². The zero-order valence-electron chi connectivity index (χ0n) is 9.08. The third-order valence-corrected chi connectivity index (χ3v) is 3.93. The van der Waals surface area contributed by atoms with E-state index < -0.39 is 0 Å². The van der Waals surface area contributed by atoms with Gasteiger partial charge in [0.05, 0.1) is 5.56 Å². The monoisotopic (exact) mass is 330 g/mol. The third-order valence-electron chi connectivity index (χ3n) is 3.31. The number of aldehydes is 1. The first kappa shape index (κ1) is 11.9. The normalized spacial score (nSPS) is 17.3. The minimum absolute atomic E-state index is 0.197. The van der Waals surface area contributed by atoms with E-state index in [0.717, 1.165) is 28.3 Å². The fourth-order valence-electron chi connectivity index (χ4n) is 2.46. The van der Waals surface area contributed by atoms with Crippen molar-refractivity contribution in [3.63, 3.8) is 0 Å². The molecule has 0 unspecified atom stereocenters. The van der Waals surface area contributed by atoms with Crippen molar-refractivity contribution in [3.8, 4) is 5.75 Å². The predicted octanol–water partition coefficient (Wildman–Crippen LogP) is 3.86. The van der Waals surface area contributed by atoms with E-state index in [1.807, 2.05) is 6.07 Å². The van der Waals surface area contributed by atoms with Gasteiger partial charge in [0.25, 0.3) is 0 Å². The number of rotatable bonds is 2. The van der Waals surface area contributed by atoms with E-state index in [2.05, 4.69) is 22.6 Å². The Morgan fingerprint density at radius 3 is 2.56 bits per heavy atom. The van der Waals surface area contributed by atoms with Crippen molar-refractivity contribution < 1.29 is 9.90 Å². The van der Waals surface area contributed by atoms with Gasteiger partial charge >= 0.3 is 0 Å². The van der Waals surface area contributed by atoms with Gasteiger partial charge < -0.3 is 5.11 Å². The molecule has 0 spiro atoms. The number of halogens is 1. The number of phenolic OH excluding ortho intramolecular Hbond substituents is 1. The lowest BCUT2D eigenvalue weighted by Crippen LogP contribution is -2.06. The van der Waals surface area contributed by atoms with Gasteiger partial charge in [-0.2, -0.15) is 0 Å². The van der Waals surface area contributed by atoms with Gasteiger partial charge in [0.15, 0.2) is 6.29 Å². The van der Waals surface area contributed by atoms with Gasteiger partial charge in [-0.15, -0.1) is 0 Å². The number of aromatic hydroxyl groups is 1. The average molecular weight is 330 g/mol. The minimum atomic E-state index is 0.197. The zero-order chi connectivity index (χ0) is 11.5. The molecule has 16 heavy (non-hydrogen) atoms. The Hall–Kier alpha value is -0.580. The topological polar surface area (TPSA) is 37.3 Å².